The van der Waals surface area contributed by atoms with Gasteiger partial charge in [-0.25, -0.2) is 4.98 Å². The maximum atomic E-state index is 5.93. The second kappa shape index (κ2) is 2.04. The van der Waals surface area contributed by atoms with Crippen molar-refractivity contribution in [2.75, 3.05) is 0 Å². The number of nitrogens with zero attached hydrogens (tertiary/aromatic N) is 3. The van der Waals surface area contributed by atoms with E-state index in [1.165, 1.54) is 0 Å². The van der Waals surface area contributed by atoms with E-state index in [9.17, 15) is 0 Å². The van der Waals surface area contributed by atoms with Gasteiger partial charge in [0.1, 0.15) is 12.2 Å². The minimum Gasteiger partial charge on any atom is -0.325 e. The van der Waals surface area contributed by atoms with Crippen molar-refractivity contribution in [3.8, 4) is 0 Å². The smallest absolute Gasteiger partial charge is 0.138 e. The van der Waals surface area contributed by atoms with E-state index in [0.717, 1.165) is 25.1 Å². The lowest BCUT2D eigenvalue weighted by Crippen LogP contribution is -2.26. The summed E-state index contributed by atoms with van der Waals surface area (Å²) in [6.07, 6.45) is 4.68. The highest BCUT2D eigenvalue weighted by Crippen LogP contribution is 2.34. The molecule has 0 spiro atoms. The minimum absolute atomic E-state index is 0.0425. The van der Waals surface area contributed by atoms with Gasteiger partial charge < -0.3 is 5.73 Å². The molecule has 1 aromatic heterocycles. The molecule has 0 radical (unpaired) electrons. The topological polar surface area (TPSA) is 56.7 Å². The van der Waals surface area contributed by atoms with Crippen molar-refractivity contribution in [3.05, 3.63) is 12.2 Å². The molecule has 4 heteroatoms. The fourth-order valence-electron chi connectivity index (χ4n) is 1.13. The van der Waals surface area contributed by atoms with Crippen LogP contribution in [0.15, 0.2) is 6.33 Å². The van der Waals surface area contributed by atoms with E-state index in [0.29, 0.717) is 0 Å². The van der Waals surface area contributed by atoms with Gasteiger partial charge in [0.05, 0.1) is 0 Å². The van der Waals surface area contributed by atoms with Gasteiger partial charge in [-0.3, -0.25) is 4.68 Å². The van der Waals surface area contributed by atoms with Crippen LogP contribution in [0.4, 0.5) is 0 Å². The average Bonchev–Trinajstić information content (AvgIpc) is 2.54. The van der Waals surface area contributed by atoms with Gasteiger partial charge in [0, 0.05) is 19.0 Å². The quantitative estimate of drug-likeness (QED) is 0.641. The second-order valence-corrected chi connectivity index (χ2v) is 3.34. The third-order valence-corrected chi connectivity index (χ3v) is 2.21. The Balaban J connectivity index is 2.12. The molecule has 2 rings (SSSR count). The Morgan fingerprint density at radius 2 is 2.45 bits per heavy atom. The molecule has 0 atom stereocenters. The van der Waals surface area contributed by atoms with Crippen LogP contribution >= 0.6 is 0 Å². The predicted molar refractivity (Wildman–Crippen MR) is 40.9 cm³/mol. The van der Waals surface area contributed by atoms with Gasteiger partial charge in [0.15, 0.2) is 0 Å². The molecule has 11 heavy (non-hydrogen) atoms. The van der Waals surface area contributed by atoms with Crippen molar-refractivity contribution in [2.24, 2.45) is 12.8 Å². The van der Waals surface area contributed by atoms with Crippen molar-refractivity contribution >= 4 is 0 Å². The molecule has 2 N–H and O–H groups in total. The Labute approximate surface area is 65.4 Å². The van der Waals surface area contributed by atoms with Gasteiger partial charge >= 0.3 is 0 Å². The highest BCUT2D eigenvalue weighted by atomic mass is 15.3. The van der Waals surface area contributed by atoms with Crippen molar-refractivity contribution in [1.82, 2.24) is 14.8 Å². The van der Waals surface area contributed by atoms with E-state index in [-0.39, 0.29) is 5.54 Å². The van der Waals surface area contributed by atoms with Gasteiger partial charge in [-0.05, 0) is 12.8 Å². The fraction of sp³-hybridized carbons (Fsp3) is 0.714. The molecule has 0 bridgehead atoms. The summed E-state index contributed by atoms with van der Waals surface area (Å²) in [5.41, 5.74) is 5.97. The van der Waals surface area contributed by atoms with Crippen LogP contribution in [0.2, 0.25) is 0 Å². The van der Waals surface area contributed by atoms with Crippen molar-refractivity contribution in [3.63, 3.8) is 0 Å². The number of nitrogens with two attached hydrogens (primary N) is 1. The first-order valence-corrected chi connectivity index (χ1v) is 3.81. The zero-order valence-corrected chi connectivity index (χ0v) is 6.62. The van der Waals surface area contributed by atoms with Gasteiger partial charge in [-0.15, -0.1) is 0 Å². The molecule has 0 aromatic carbocycles. The monoisotopic (exact) mass is 152 g/mol. The maximum Gasteiger partial charge on any atom is 0.138 e. The summed E-state index contributed by atoms with van der Waals surface area (Å²) < 4.78 is 1.78. The maximum absolute atomic E-state index is 5.93. The number of hydrogen-bond donors (Lipinski definition) is 1. The van der Waals surface area contributed by atoms with Crippen LogP contribution in [-0.4, -0.2) is 20.3 Å². The normalized spacial score (nSPS) is 20.2. The van der Waals surface area contributed by atoms with Crippen molar-refractivity contribution in [2.45, 2.75) is 24.8 Å². The predicted octanol–water partition coefficient (Wildman–Crippen LogP) is -0.151. The third kappa shape index (κ3) is 1.26. The highest BCUT2D eigenvalue weighted by Gasteiger charge is 2.39. The van der Waals surface area contributed by atoms with Crippen molar-refractivity contribution in [1.29, 1.82) is 0 Å². The summed E-state index contributed by atoms with van der Waals surface area (Å²) in [7, 11) is 1.90. The molecule has 1 aliphatic carbocycles. The van der Waals surface area contributed by atoms with E-state index in [1.54, 1.807) is 11.0 Å². The minimum atomic E-state index is 0.0425. The Bertz CT molecular complexity index is 261. The molecule has 1 aliphatic rings. The average molecular weight is 152 g/mol. The van der Waals surface area contributed by atoms with Gasteiger partial charge in [-0.2, -0.15) is 5.10 Å². The first-order valence-electron chi connectivity index (χ1n) is 3.81. The van der Waals surface area contributed by atoms with Crippen LogP contribution in [0.1, 0.15) is 18.7 Å². The first kappa shape index (κ1) is 6.79. The van der Waals surface area contributed by atoms with E-state index < -0.39 is 0 Å². The lowest BCUT2D eigenvalue weighted by Gasteiger charge is -2.05. The highest BCUT2D eigenvalue weighted by molar-refractivity contribution is 5.06. The lowest BCUT2D eigenvalue weighted by molar-refractivity contribution is 0.601. The molecule has 0 amide bonds. The van der Waals surface area contributed by atoms with Gasteiger partial charge in [0.2, 0.25) is 0 Å². The molecule has 1 aromatic rings. The second-order valence-electron chi connectivity index (χ2n) is 3.34. The summed E-state index contributed by atoms with van der Waals surface area (Å²) in [6.45, 7) is 0. The van der Waals surface area contributed by atoms with E-state index >= 15 is 0 Å². The molecule has 1 heterocycles. The molecule has 0 saturated heterocycles. The van der Waals surface area contributed by atoms with Crippen LogP contribution in [0, 0.1) is 0 Å². The van der Waals surface area contributed by atoms with Crippen LogP contribution in [-0.2, 0) is 13.5 Å². The molecular formula is C7H12N4. The number of aryl methyl sites for hydroxylation is 1. The Kier molecular flexibility index (Phi) is 1.26. The van der Waals surface area contributed by atoms with Crippen LogP contribution in [0.3, 0.4) is 0 Å². The lowest BCUT2D eigenvalue weighted by atomic mass is 10.2. The molecule has 1 saturated carbocycles. The summed E-state index contributed by atoms with van der Waals surface area (Å²) in [4.78, 5) is 4.11. The first-order chi connectivity index (χ1) is 5.20. The van der Waals surface area contributed by atoms with E-state index in [2.05, 4.69) is 10.1 Å². The van der Waals surface area contributed by atoms with E-state index in [1.807, 2.05) is 7.05 Å². The standard InChI is InChI=1S/C7H12N4/c1-11-6(9-5-10-11)4-7(8)2-3-7/h5H,2-4,8H2,1H3. The Morgan fingerprint density at radius 3 is 2.91 bits per heavy atom. The molecule has 1 fully saturated rings. The van der Waals surface area contributed by atoms with E-state index in [4.69, 9.17) is 5.73 Å². The fourth-order valence-corrected chi connectivity index (χ4v) is 1.13. The Morgan fingerprint density at radius 1 is 1.73 bits per heavy atom. The molecule has 4 nitrogen and oxygen atoms in total. The number of hydrogen-bond acceptors (Lipinski definition) is 3. The van der Waals surface area contributed by atoms with Crippen LogP contribution < -0.4 is 5.73 Å². The van der Waals surface area contributed by atoms with Gasteiger partial charge in [0.25, 0.3) is 0 Å². The summed E-state index contributed by atoms with van der Waals surface area (Å²) in [5, 5.41) is 3.98. The summed E-state index contributed by atoms with van der Waals surface area (Å²) >= 11 is 0. The van der Waals surface area contributed by atoms with Crippen LogP contribution in [0.5, 0.6) is 0 Å². The zero-order chi connectivity index (χ0) is 7.90. The molecular weight excluding hydrogens is 140 g/mol. The zero-order valence-electron chi connectivity index (χ0n) is 6.62. The third-order valence-electron chi connectivity index (χ3n) is 2.21. The summed E-state index contributed by atoms with van der Waals surface area (Å²) in [5.74, 6) is 0.991. The SMILES string of the molecule is Cn1ncnc1CC1(N)CC1. The molecule has 0 unspecified atom stereocenters. The molecule has 0 aliphatic heterocycles. The Hall–Kier alpha value is -0.900. The van der Waals surface area contributed by atoms with Gasteiger partial charge in [-0.1, -0.05) is 0 Å². The summed E-state index contributed by atoms with van der Waals surface area (Å²) in [6, 6.07) is 0. The van der Waals surface area contributed by atoms with Crippen LogP contribution in [0.25, 0.3) is 0 Å². The largest absolute Gasteiger partial charge is 0.325 e. The number of aromatic nitrogens is 3. The molecule has 60 valence electrons. The van der Waals surface area contributed by atoms with Crippen molar-refractivity contribution < 1.29 is 0 Å². The number of rotatable bonds is 2.